The Bertz CT molecular complexity index is 576. The van der Waals surface area contributed by atoms with Crippen molar-refractivity contribution in [3.05, 3.63) is 29.3 Å². The molecule has 1 unspecified atom stereocenters. The van der Waals surface area contributed by atoms with Gasteiger partial charge in [0.15, 0.2) is 0 Å². The summed E-state index contributed by atoms with van der Waals surface area (Å²) in [4.78, 5) is 20.2. The molecule has 9 heteroatoms. The summed E-state index contributed by atoms with van der Waals surface area (Å²) in [5.41, 5.74) is -1.58. The van der Waals surface area contributed by atoms with Crippen LogP contribution in [0.1, 0.15) is 40.5 Å². The summed E-state index contributed by atoms with van der Waals surface area (Å²) in [6, 6.07) is 2.84. The predicted octanol–water partition coefficient (Wildman–Crippen LogP) is 1.99. The second kappa shape index (κ2) is 8.71. The number of aromatic carboxylic acids is 2. The van der Waals surface area contributed by atoms with E-state index in [2.05, 4.69) is 16.2 Å². The molecule has 0 spiro atoms. The Morgan fingerprint density at radius 1 is 1.14 bits per heavy atom. The van der Waals surface area contributed by atoms with Gasteiger partial charge in [-0.05, 0) is 18.3 Å². The van der Waals surface area contributed by atoms with E-state index in [4.69, 9.17) is 14.8 Å². The van der Waals surface area contributed by atoms with E-state index >= 15 is 0 Å². The first kappa shape index (κ1) is 19.5. The van der Waals surface area contributed by atoms with Crippen LogP contribution >= 0.6 is 9.24 Å². The van der Waals surface area contributed by atoms with E-state index in [0.29, 0.717) is 0 Å². The van der Waals surface area contributed by atoms with E-state index in [1.165, 1.54) is 19.0 Å². The predicted molar refractivity (Wildman–Crippen MR) is 79.7 cm³/mol. The lowest BCUT2D eigenvalue weighted by Gasteiger charge is -2.05. The Kier molecular flexibility index (Phi) is 8.09. The third-order valence-electron chi connectivity index (χ3n) is 2.29. The molecule has 0 aliphatic carbocycles. The highest BCUT2D eigenvalue weighted by Gasteiger charge is 2.26. The molecule has 1 aromatic rings. The van der Waals surface area contributed by atoms with E-state index < -0.39 is 38.1 Å². The molecule has 0 heterocycles. The van der Waals surface area contributed by atoms with Gasteiger partial charge in [0.05, 0.1) is 11.1 Å². The van der Waals surface area contributed by atoms with Crippen LogP contribution in [0, 0.1) is 0 Å². The second-order valence-corrected chi connectivity index (χ2v) is 5.85. The van der Waals surface area contributed by atoms with Crippen LogP contribution in [-0.4, -0.2) is 41.3 Å². The minimum Gasteiger partial charge on any atom is -0.478 e. The van der Waals surface area contributed by atoms with Crippen molar-refractivity contribution in [2.45, 2.75) is 24.7 Å². The van der Waals surface area contributed by atoms with E-state index in [1.807, 2.05) is 0 Å². The highest BCUT2D eigenvalue weighted by Crippen LogP contribution is 2.20. The highest BCUT2D eigenvalue weighted by molar-refractivity contribution is 7.86. The van der Waals surface area contributed by atoms with Crippen molar-refractivity contribution in [3.8, 4) is 0 Å². The van der Waals surface area contributed by atoms with Gasteiger partial charge >= 0.3 is 11.9 Å². The molecule has 1 aromatic carbocycles. The zero-order valence-electron chi connectivity index (χ0n) is 11.3. The monoisotopic (exact) mass is 336 g/mol. The van der Waals surface area contributed by atoms with Crippen LogP contribution in [0.4, 0.5) is 0 Å². The van der Waals surface area contributed by atoms with E-state index in [1.54, 1.807) is 0 Å². The van der Waals surface area contributed by atoms with Crippen LogP contribution in [0.15, 0.2) is 23.1 Å². The van der Waals surface area contributed by atoms with Crippen LogP contribution < -0.4 is 0 Å². The quantitative estimate of drug-likeness (QED) is 0.554. The van der Waals surface area contributed by atoms with Crippen molar-refractivity contribution in [1.29, 1.82) is 0 Å². The number of benzene rings is 1. The zero-order valence-corrected chi connectivity index (χ0v) is 13.3. The van der Waals surface area contributed by atoms with Gasteiger partial charge in [-0.3, -0.25) is 4.55 Å². The average molecular weight is 336 g/mol. The van der Waals surface area contributed by atoms with Crippen LogP contribution in [0.3, 0.4) is 0 Å². The summed E-state index contributed by atoms with van der Waals surface area (Å²) in [5.74, 6) is -3.29. The number of rotatable bonds is 5. The van der Waals surface area contributed by atoms with E-state index in [9.17, 15) is 18.0 Å². The SMILES string of the molecule is CCCCP.O=C(O)c1cccc(C(=O)O)c1S(=O)(=O)O. The topological polar surface area (TPSA) is 129 Å². The van der Waals surface area contributed by atoms with Gasteiger partial charge in [-0.2, -0.15) is 8.42 Å². The van der Waals surface area contributed by atoms with Crippen LogP contribution in [0.2, 0.25) is 0 Å². The van der Waals surface area contributed by atoms with Gasteiger partial charge in [0.25, 0.3) is 10.1 Å². The molecule has 0 fully saturated rings. The minimum atomic E-state index is -4.92. The Hall–Kier alpha value is -1.50. The van der Waals surface area contributed by atoms with E-state index in [0.717, 1.165) is 18.2 Å². The molecule has 118 valence electrons. The summed E-state index contributed by atoms with van der Waals surface area (Å²) in [7, 11) is -2.22. The molecule has 0 aliphatic heterocycles. The van der Waals surface area contributed by atoms with Gasteiger partial charge in [0.2, 0.25) is 0 Å². The van der Waals surface area contributed by atoms with Crippen molar-refractivity contribution in [2.24, 2.45) is 0 Å². The molecule has 0 aromatic heterocycles. The molecule has 3 N–H and O–H groups in total. The first-order chi connectivity index (χ1) is 9.66. The second-order valence-electron chi connectivity index (χ2n) is 3.91. The maximum absolute atomic E-state index is 10.9. The van der Waals surface area contributed by atoms with Gasteiger partial charge in [0, 0.05) is 0 Å². The molecule has 0 amide bonds. The lowest BCUT2D eigenvalue weighted by Crippen LogP contribution is -2.14. The number of carbonyl (C=O) groups is 2. The Balaban J connectivity index is 0.000000690. The molecule has 7 nitrogen and oxygen atoms in total. The first-order valence-corrected chi connectivity index (χ1v) is 8.19. The maximum atomic E-state index is 10.9. The molecule has 0 bridgehead atoms. The molecule has 21 heavy (non-hydrogen) atoms. The molecule has 0 saturated heterocycles. The lowest BCUT2D eigenvalue weighted by atomic mass is 10.1. The Labute approximate surface area is 124 Å². The normalized spacial score (nSPS) is 10.4. The highest BCUT2D eigenvalue weighted by atomic mass is 32.2. The number of carboxylic acids is 2. The summed E-state index contributed by atoms with van der Waals surface area (Å²) in [5, 5.41) is 17.3. The number of carboxylic acid groups (broad SMARTS) is 2. The smallest absolute Gasteiger partial charge is 0.337 e. The molecule has 1 rings (SSSR count). The summed E-state index contributed by atoms with van der Waals surface area (Å²) in [6.45, 7) is 2.20. The number of hydrogen-bond donors (Lipinski definition) is 3. The molecule has 1 atom stereocenters. The molecule has 0 aliphatic rings. The van der Waals surface area contributed by atoms with Crippen LogP contribution in [-0.2, 0) is 10.1 Å². The largest absolute Gasteiger partial charge is 0.478 e. The fraction of sp³-hybridized carbons (Fsp3) is 0.333. The number of hydrogen-bond acceptors (Lipinski definition) is 4. The van der Waals surface area contributed by atoms with Gasteiger partial charge in [-0.15, -0.1) is 9.24 Å². The molecular weight excluding hydrogens is 319 g/mol. The van der Waals surface area contributed by atoms with Crippen LogP contribution in [0.5, 0.6) is 0 Å². The fourth-order valence-corrected chi connectivity index (χ4v) is 2.63. The Morgan fingerprint density at radius 3 is 1.76 bits per heavy atom. The van der Waals surface area contributed by atoms with Crippen LogP contribution in [0.25, 0.3) is 0 Å². The van der Waals surface area contributed by atoms with Crippen molar-refractivity contribution in [1.82, 2.24) is 0 Å². The molecular formula is C12H17O7PS. The molecule has 0 radical (unpaired) electrons. The maximum Gasteiger partial charge on any atom is 0.337 e. The molecule has 0 saturated carbocycles. The summed E-state index contributed by atoms with van der Waals surface area (Å²) in [6.07, 6.45) is 3.94. The Morgan fingerprint density at radius 2 is 1.57 bits per heavy atom. The minimum absolute atomic E-state index is 0.789. The van der Waals surface area contributed by atoms with Gasteiger partial charge in [-0.25, -0.2) is 9.59 Å². The summed E-state index contributed by atoms with van der Waals surface area (Å²) < 4.78 is 30.6. The average Bonchev–Trinajstić information content (AvgIpc) is 2.38. The van der Waals surface area contributed by atoms with Gasteiger partial charge in [0.1, 0.15) is 4.90 Å². The van der Waals surface area contributed by atoms with Gasteiger partial charge < -0.3 is 10.2 Å². The van der Waals surface area contributed by atoms with E-state index in [-0.39, 0.29) is 0 Å². The fourth-order valence-electron chi connectivity index (χ4n) is 1.36. The van der Waals surface area contributed by atoms with Crippen molar-refractivity contribution in [2.75, 3.05) is 6.16 Å². The van der Waals surface area contributed by atoms with Gasteiger partial charge in [-0.1, -0.05) is 25.8 Å². The zero-order chi connectivity index (χ0) is 16.6. The third kappa shape index (κ3) is 6.20. The summed E-state index contributed by atoms with van der Waals surface area (Å²) >= 11 is 0. The lowest BCUT2D eigenvalue weighted by molar-refractivity contribution is 0.0688. The van der Waals surface area contributed by atoms with Crippen molar-refractivity contribution >= 4 is 31.3 Å². The number of unbranched alkanes of at least 4 members (excludes halogenated alkanes) is 1. The van der Waals surface area contributed by atoms with Crippen molar-refractivity contribution < 1.29 is 32.8 Å². The third-order valence-corrected chi connectivity index (χ3v) is 3.66. The standard InChI is InChI=1S/C8H6O7S.C4H11P/c9-7(10)4-2-1-3-5(8(11)12)6(4)16(13,14)15;1-2-3-4-5/h1-3H,(H,9,10)(H,11,12)(H,13,14,15);2-5H2,1H3. The van der Waals surface area contributed by atoms with Crippen molar-refractivity contribution in [3.63, 3.8) is 0 Å². The first-order valence-electron chi connectivity index (χ1n) is 5.93.